The van der Waals surface area contributed by atoms with E-state index in [0.29, 0.717) is 17.8 Å². The highest BCUT2D eigenvalue weighted by molar-refractivity contribution is 5.54. The smallest absolute Gasteiger partial charge is 0.241 e. The highest BCUT2D eigenvalue weighted by Crippen LogP contribution is 2.18. The number of aryl methyl sites for hydroxylation is 1. The summed E-state index contributed by atoms with van der Waals surface area (Å²) in [6.07, 6.45) is 1.18. The van der Waals surface area contributed by atoms with E-state index in [2.05, 4.69) is 39.4 Å². The van der Waals surface area contributed by atoms with Crippen molar-refractivity contribution in [3.8, 4) is 11.4 Å². The molecule has 1 unspecified atom stereocenters. The topological polar surface area (TPSA) is 54.2 Å². The third-order valence-corrected chi connectivity index (χ3v) is 3.82. The number of nitrogens with one attached hydrogen (secondary N) is 1. The Kier molecular flexibility index (Phi) is 3.80. The molecule has 1 aliphatic rings. The minimum Gasteiger partial charge on any atom is -0.338 e. The average Bonchev–Trinajstić information content (AvgIpc) is 3.09. The summed E-state index contributed by atoms with van der Waals surface area (Å²) in [5, 5.41) is 7.38. The highest BCUT2D eigenvalue weighted by Gasteiger charge is 2.22. The lowest BCUT2D eigenvalue weighted by Crippen LogP contribution is -2.29. The number of hydrogen-bond donors (Lipinski definition) is 1. The summed E-state index contributed by atoms with van der Waals surface area (Å²) in [5.41, 5.74) is 2.23. The van der Waals surface area contributed by atoms with E-state index in [1.165, 1.54) is 12.0 Å². The molecule has 1 N–H and O–H groups in total. The van der Waals surface area contributed by atoms with Crippen LogP contribution in [-0.4, -0.2) is 41.2 Å². The van der Waals surface area contributed by atoms with Crippen LogP contribution in [0.4, 0.5) is 0 Å². The van der Waals surface area contributed by atoms with Gasteiger partial charge in [-0.05, 0) is 20.4 Å². The maximum atomic E-state index is 5.36. The monoisotopic (exact) mass is 272 g/mol. The Labute approximate surface area is 119 Å². The number of likely N-dealkylation sites (N-methyl/N-ethyl adjacent to an activating group) is 1. The van der Waals surface area contributed by atoms with Crippen molar-refractivity contribution in [2.24, 2.45) is 0 Å². The number of aromatic nitrogens is 2. The maximum Gasteiger partial charge on any atom is 0.241 e. The molecule has 1 atom stereocenters. The van der Waals surface area contributed by atoms with E-state index < -0.39 is 0 Å². The zero-order valence-electron chi connectivity index (χ0n) is 12.0. The molecule has 20 heavy (non-hydrogen) atoms. The molecule has 1 aromatic carbocycles. The molecular weight excluding hydrogens is 252 g/mol. The number of nitrogens with zero attached hydrogens (tertiary/aromatic N) is 3. The van der Waals surface area contributed by atoms with Crippen LogP contribution in [0.25, 0.3) is 11.4 Å². The quantitative estimate of drug-likeness (QED) is 0.920. The zero-order valence-corrected chi connectivity index (χ0v) is 12.0. The molecule has 0 amide bonds. The normalized spacial score (nSPS) is 19.6. The Bertz CT molecular complexity index is 564. The Hall–Kier alpha value is -1.72. The number of rotatable bonds is 4. The summed E-state index contributed by atoms with van der Waals surface area (Å²) in [7, 11) is 2.01. The summed E-state index contributed by atoms with van der Waals surface area (Å²) in [6.45, 7) is 4.92. The first kappa shape index (κ1) is 13.3. The van der Waals surface area contributed by atoms with E-state index in [1.54, 1.807) is 0 Å². The highest BCUT2D eigenvalue weighted by atomic mass is 16.5. The van der Waals surface area contributed by atoms with Gasteiger partial charge in [-0.3, -0.25) is 4.90 Å². The Balaban J connectivity index is 1.66. The lowest BCUT2D eigenvalue weighted by Gasteiger charge is -2.12. The van der Waals surface area contributed by atoms with Crippen LogP contribution >= 0.6 is 0 Å². The van der Waals surface area contributed by atoms with Gasteiger partial charge < -0.3 is 9.84 Å². The SMILES string of the molecule is CNC1CCN(Cc2nc(-c3ccc(C)cc3)no2)C1. The molecule has 106 valence electrons. The molecule has 1 fully saturated rings. The average molecular weight is 272 g/mol. The van der Waals surface area contributed by atoms with Crippen LogP contribution in [0.5, 0.6) is 0 Å². The van der Waals surface area contributed by atoms with Gasteiger partial charge in [0.2, 0.25) is 11.7 Å². The van der Waals surface area contributed by atoms with Gasteiger partial charge in [0.15, 0.2) is 0 Å². The first-order chi connectivity index (χ1) is 9.74. The van der Waals surface area contributed by atoms with Crippen LogP contribution in [0.3, 0.4) is 0 Å². The van der Waals surface area contributed by atoms with Gasteiger partial charge in [-0.2, -0.15) is 4.98 Å². The second kappa shape index (κ2) is 5.73. The van der Waals surface area contributed by atoms with Gasteiger partial charge in [0.25, 0.3) is 0 Å². The molecule has 0 spiro atoms. The van der Waals surface area contributed by atoms with E-state index in [0.717, 1.165) is 25.2 Å². The molecular formula is C15H20N4O. The minimum atomic E-state index is 0.578. The molecule has 5 heteroatoms. The van der Waals surface area contributed by atoms with Crippen molar-refractivity contribution < 1.29 is 4.52 Å². The molecule has 1 aliphatic heterocycles. The standard InChI is InChI=1S/C15H20N4O/c1-11-3-5-12(6-4-11)15-17-14(20-18-15)10-19-8-7-13(9-19)16-2/h3-6,13,16H,7-10H2,1-2H3. The van der Waals surface area contributed by atoms with Crippen molar-refractivity contribution in [3.63, 3.8) is 0 Å². The molecule has 1 aromatic heterocycles. The van der Waals surface area contributed by atoms with Crippen LogP contribution in [-0.2, 0) is 6.54 Å². The summed E-state index contributed by atoms with van der Waals surface area (Å²) in [5.74, 6) is 1.36. The van der Waals surface area contributed by atoms with E-state index >= 15 is 0 Å². The number of benzene rings is 1. The minimum absolute atomic E-state index is 0.578. The number of likely N-dealkylation sites (tertiary alicyclic amines) is 1. The number of hydrogen-bond acceptors (Lipinski definition) is 5. The third-order valence-electron chi connectivity index (χ3n) is 3.82. The maximum absolute atomic E-state index is 5.36. The van der Waals surface area contributed by atoms with Crippen molar-refractivity contribution in [1.82, 2.24) is 20.4 Å². The molecule has 2 aromatic rings. The van der Waals surface area contributed by atoms with Crippen LogP contribution in [0.2, 0.25) is 0 Å². The van der Waals surface area contributed by atoms with Crippen LogP contribution in [0.15, 0.2) is 28.8 Å². The predicted molar refractivity (Wildman–Crippen MR) is 77.2 cm³/mol. The first-order valence-electron chi connectivity index (χ1n) is 7.04. The third kappa shape index (κ3) is 2.89. The second-order valence-corrected chi connectivity index (χ2v) is 5.39. The largest absolute Gasteiger partial charge is 0.338 e. The first-order valence-corrected chi connectivity index (χ1v) is 7.04. The van der Waals surface area contributed by atoms with Crippen LogP contribution in [0, 0.1) is 6.92 Å². The van der Waals surface area contributed by atoms with Gasteiger partial charge in [0, 0.05) is 24.7 Å². The van der Waals surface area contributed by atoms with E-state index in [-0.39, 0.29) is 0 Å². The predicted octanol–water partition coefficient (Wildman–Crippen LogP) is 1.84. The summed E-state index contributed by atoms with van der Waals surface area (Å²) >= 11 is 0. The van der Waals surface area contributed by atoms with E-state index in [4.69, 9.17) is 4.52 Å². The fourth-order valence-electron chi connectivity index (χ4n) is 2.54. The van der Waals surface area contributed by atoms with Crippen molar-refractivity contribution >= 4 is 0 Å². The van der Waals surface area contributed by atoms with Crippen LogP contribution in [0.1, 0.15) is 17.9 Å². The van der Waals surface area contributed by atoms with Crippen LogP contribution < -0.4 is 5.32 Å². The fourth-order valence-corrected chi connectivity index (χ4v) is 2.54. The lowest BCUT2D eigenvalue weighted by molar-refractivity contribution is 0.263. The van der Waals surface area contributed by atoms with Gasteiger partial charge in [0.05, 0.1) is 6.54 Å². The molecule has 2 heterocycles. The fraction of sp³-hybridized carbons (Fsp3) is 0.467. The lowest BCUT2D eigenvalue weighted by atomic mass is 10.1. The van der Waals surface area contributed by atoms with Crippen molar-refractivity contribution in [2.45, 2.75) is 25.9 Å². The van der Waals surface area contributed by atoms with Gasteiger partial charge >= 0.3 is 0 Å². The summed E-state index contributed by atoms with van der Waals surface area (Å²) in [6, 6.07) is 8.75. The second-order valence-electron chi connectivity index (χ2n) is 5.39. The molecule has 3 rings (SSSR count). The molecule has 0 bridgehead atoms. The van der Waals surface area contributed by atoms with Crippen molar-refractivity contribution in [1.29, 1.82) is 0 Å². The summed E-state index contributed by atoms with van der Waals surface area (Å²) < 4.78 is 5.36. The van der Waals surface area contributed by atoms with Crippen molar-refractivity contribution in [3.05, 3.63) is 35.7 Å². The zero-order chi connectivity index (χ0) is 13.9. The van der Waals surface area contributed by atoms with Gasteiger partial charge in [-0.25, -0.2) is 0 Å². The van der Waals surface area contributed by atoms with E-state index in [1.807, 2.05) is 19.2 Å². The molecule has 1 saturated heterocycles. The Morgan fingerprint density at radius 2 is 2.15 bits per heavy atom. The Morgan fingerprint density at radius 1 is 1.35 bits per heavy atom. The molecule has 5 nitrogen and oxygen atoms in total. The van der Waals surface area contributed by atoms with Gasteiger partial charge in [-0.1, -0.05) is 35.0 Å². The molecule has 0 radical (unpaired) electrons. The van der Waals surface area contributed by atoms with E-state index in [9.17, 15) is 0 Å². The Morgan fingerprint density at radius 3 is 2.85 bits per heavy atom. The van der Waals surface area contributed by atoms with Gasteiger partial charge in [-0.15, -0.1) is 0 Å². The van der Waals surface area contributed by atoms with Gasteiger partial charge in [0.1, 0.15) is 0 Å². The van der Waals surface area contributed by atoms with Crippen molar-refractivity contribution in [2.75, 3.05) is 20.1 Å². The molecule has 0 aliphatic carbocycles. The summed E-state index contributed by atoms with van der Waals surface area (Å²) in [4.78, 5) is 6.83. The molecule has 0 saturated carbocycles.